The second kappa shape index (κ2) is 9.24. The molecular weight excluding hydrogens is 450 g/mol. The van der Waals surface area contributed by atoms with E-state index in [0.29, 0.717) is 19.8 Å². The smallest absolute Gasteiger partial charge is 0.271 e. The molecule has 154 valence electrons. The number of anilines is 1. The first-order valence-corrected chi connectivity index (χ1v) is 10.1. The first kappa shape index (κ1) is 21.8. The van der Waals surface area contributed by atoms with Crippen molar-refractivity contribution < 1.29 is 19.6 Å². The van der Waals surface area contributed by atoms with Crippen LogP contribution < -0.4 is 5.32 Å². The van der Waals surface area contributed by atoms with Crippen LogP contribution in [0.2, 0.25) is 5.02 Å². The molecule has 1 fully saturated rings. The minimum atomic E-state index is -0.638. The van der Waals surface area contributed by atoms with Gasteiger partial charge in [0.05, 0.1) is 15.5 Å². The van der Waals surface area contributed by atoms with E-state index in [1.54, 1.807) is 30.3 Å². The second-order valence-electron chi connectivity index (χ2n) is 6.11. The number of aromatic hydroxyl groups is 1. The van der Waals surface area contributed by atoms with Gasteiger partial charge in [-0.25, -0.2) is 0 Å². The number of nitro groups is 1. The van der Waals surface area contributed by atoms with Crippen molar-refractivity contribution in [1.29, 1.82) is 0 Å². The molecule has 1 aliphatic rings. The van der Waals surface area contributed by atoms with Crippen LogP contribution in [-0.4, -0.2) is 37.6 Å². The summed E-state index contributed by atoms with van der Waals surface area (Å²) in [6.45, 7) is 0.0199. The van der Waals surface area contributed by atoms with E-state index in [4.69, 9.17) is 23.8 Å². The number of phenols is 1. The molecule has 0 aromatic heterocycles. The Bertz CT molecular complexity index is 1090. The predicted molar refractivity (Wildman–Crippen MR) is 119 cm³/mol. The van der Waals surface area contributed by atoms with Gasteiger partial charge in [0.2, 0.25) is 5.91 Å². The van der Waals surface area contributed by atoms with Crippen LogP contribution in [-0.2, 0) is 9.59 Å². The Hall–Kier alpha value is -2.95. The monoisotopic (exact) mass is 463 g/mol. The summed E-state index contributed by atoms with van der Waals surface area (Å²) in [6, 6.07) is 10.4. The standard InChI is InChI=1S/C19H14ClN3O5S2/c20-13-4-2-1-3-11(13)9-16-18(26)22(19(29)30-16)8-7-17(25)21-14-10-12(23(27)28)5-6-15(14)24/h1-6,9-10,24H,7-8H2,(H,21,25)/b16-9+. The first-order valence-electron chi connectivity index (χ1n) is 8.53. The molecule has 30 heavy (non-hydrogen) atoms. The number of amides is 2. The molecule has 2 aromatic carbocycles. The summed E-state index contributed by atoms with van der Waals surface area (Å²) in [7, 11) is 0. The van der Waals surface area contributed by atoms with Gasteiger partial charge in [-0.3, -0.25) is 24.6 Å². The van der Waals surface area contributed by atoms with Crippen molar-refractivity contribution >= 4 is 69.2 Å². The molecular formula is C19H14ClN3O5S2. The molecule has 0 spiro atoms. The molecule has 1 saturated heterocycles. The Morgan fingerprint density at radius 3 is 2.77 bits per heavy atom. The summed E-state index contributed by atoms with van der Waals surface area (Å²) in [6.07, 6.45) is 1.52. The van der Waals surface area contributed by atoms with Crippen molar-refractivity contribution in [3.8, 4) is 5.75 Å². The molecule has 3 rings (SSSR count). The van der Waals surface area contributed by atoms with Crippen molar-refractivity contribution in [2.75, 3.05) is 11.9 Å². The Kier molecular flexibility index (Phi) is 6.70. The predicted octanol–water partition coefficient (Wildman–Crippen LogP) is 4.18. The summed E-state index contributed by atoms with van der Waals surface area (Å²) in [5.74, 6) is -1.17. The quantitative estimate of drug-likeness (QED) is 0.217. The number of carbonyl (C=O) groups excluding carboxylic acids is 2. The fourth-order valence-corrected chi connectivity index (χ4v) is 4.08. The van der Waals surface area contributed by atoms with Crippen LogP contribution in [0.25, 0.3) is 6.08 Å². The Labute approximate surface area is 185 Å². The number of nitrogens with one attached hydrogen (secondary N) is 1. The SMILES string of the molecule is O=C(CCN1C(=O)/C(=C\c2ccccc2Cl)SC1=S)Nc1cc([N+](=O)[O-])ccc1O. The van der Waals surface area contributed by atoms with Gasteiger partial charge in [-0.05, 0) is 23.8 Å². The van der Waals surface area contributed by atoms with Gasteiger partial charge in [-0.15, -0.1) is 0 Å². The van der Waals surface area contributed by atoms with E-state index in [1.807, 2.05) is 0 Å². The maximum atomic E-state index is 12.6. The van der Waals surface area contributed by atoms with Crippen LogP contribution in [0.15, 0.2) is 47.4 Å². The van der Waals surface area contributed by atoms with E-state index in [9.17, 15) is 24.8 Å². The minimum Gasteiger partial charge on any atom is -0.506 e. The highest BCUT2D eigenvalue weighted by molar-refractivity contribution is 8.26. The van der Waals surface area contributed by atoms with Crippen molar-refractivity contribution in [3.63, 3.8) is 0 Å². The van der Waals surface area contributed by atoms with E-state index in [-0.39, 0.29) is 36.0 Å². The fraction of sp³-hybridized carbons (Fsp3) is 0.105. The van der Waals surface area contributed by atoms with Gasteiger partial charge >= 0.3 is 0 Å². The highest BCUT2D eigenvalue weighted by Gasteiger charge is 2.32. The Balaban J connectivity index is 1.65. The van der Waals surface area contributed by atoms with Gasteiger partial charge in [0.25, 0.3) is 11.6 Å². The normalized spacial score (nSPS) is 15.0. The Morgan fingerprint density at radius 2 is 2.07 bits per heavy atom. The fourth-order valence-electron chi connectivity index (χ4n) is 2.59. The number of rotatable bonds is 6. The maximum Gasteiger partial charge on any atom is 0.271 e. The number of non-ortho nitro benzene ring substituents is 1. The lowest BCUT2D eigenvalue weighted by atomic mass is 10.2. The lowest BCUT2D eigenvalue weighted by Crippen LogP contribution is -2.31. The van der Waals surface area contributed by atoms with Crippen molar-refractivity contribution in [2.24, 2.45) is 0 Å². The van der Waals surface area contributed by atoms with Crippen LogP contribution in [0, 0.1) is 10.1 Å². The maximum absolute atomic E-state index is 12.6. The first-order chi connectivity index (χ1) is 14.3. The molecule has 1 heterocycles. The number of carbonyl (C=O) groups is 2. The molecule has 0 aliphatic carbocycles. The molecule has 2 amide bonds. The number of nitro benzene ring substituents is 1. The topological polar surface area (TPSA) is 113 Å². The highest BCUT2D eigenvalue weighted by atomic mass is 35.5. The summed E-state index contributed by atoms with van der Waals surface area (Å²) >= 11 is 12.5. The van der Waals surface area contributed by atoms with Gasteiger partial charge in [0.15, 0.2) is 0 Å². The Morgan fingerprint density at radius 1 is 1.33 bits per heavy atom. The van der Waals surface area contributed by atoms with Gasteiger partial charge in [-0.2, -0.15) is 0 Å². The summed E-state index contributed by atoms with van der Waals surface area (Å²) < 4.78 is 0.310. The number of hydrogen-bond donors (Lipinski definition) is 2. The minimum absolute atomic E-state index is 0.0199. The molecule has 11 heteroatoms. The molecule has 0 saturated carbocycles. The molecule has 0 bridgehead atoms. The lowest BCUT2D eigenvalue weighted by Gasteiger charge is -2.14. The molecule has 0 unspecified atom stereocenters. The molecule has 2 aromatic rings. The van der Waals surface area contributed by atoms with E-state index in [0.717, 1.165) is 30.0 Å². The molecule has 0 radical (unpaired) electrons. The number of nitrogens with zero attached hydrogens (tertiary/aromatic N) is 2. The molecule has 2 N–H and O–H groups in total. The highest BCUT2D eigenvalue weighted by Crippen LogP contribution is 2.34. The number of halogens is 1. The second-order valence-corrected chi connectivity index (χ2v) is 8.19. The zero-order valence-electron chi connectivity index (χ0n) is 15.2. The van der Waals surface area contributed by atoms with Crippen LogP contribution in [0.1, 0.15) is 12.0 Å². The third kappa shape index (κ3) is 4.96. The summed E-state index contributed by atoms with van der Waals surface area (Å²) in [4.78, 5) is 36.8. The van der Waals surface area contributed by atoms with Crippen molar-refractivity contribution in [3.05, 3.63) is 68.1 Å². The number of benzene rings is 2. The van der Waals surface area contributed by atoms with Crippen LogP contribution in [0.4, 0.5) is 11.4 Å². The number of hydrogen-bond acceptors (Lipinski definition) is 7. The third-order valence-corrected chi connectivity index (χ3v) is 5.81. The number of thiocarbonyl (C=S) groups is 1. The summed E-state index contributed by atoms with van der Waals surface area (Å²) in [5.41, 5.74) is 0.321. The van der Waals surface area contributed by atoms with Crippen molar-refractivity contribution in [1.82, 2.24) is 4.90 Å². The molecule has 8 nitrogen and oxygen atoms in total. The molecule has 1 aliphatic heterocycles. The zero-order valence-corrected chi connectivity index (χ0v) is 17.6. The largest absolute Gasteiger partial charge is 0.506 e. The lowest BCUT2D eigenvalue weighted by molar-refractivity contribution is -0.384. The van der Waals surface area contributed by atoms with E-state index < -0.39 is 10.8 Å². The molecule has 0 atom stereocenters. The van der Waals surface area contributed by atoms with E-state index in [1.165, 1.54) is 4.90 Å². The van der Waals surface area contributed by atoms with Gasteiger partial charge in [0, 0.05) is 30.1 Å². The van der Waals surface area contributed by atoms with Crippen LogP contribution in [0.3, 0.4) is 0 Å². The van der Waals surface area contributed by atoms with Gasteiger partial charge in [-0.1, -0.05) is 53.8 Å². The average Bonchev–Trinajstić information content (AvgIpc) is 2.96. The number of phenolic OH excluding ortho intramolecular Hbond substituents is 1. The van der Waals surface area contributed by atoms with Crippen LogP contribution >= 0.6 is 35.6 Å². The van der Waals surface area contributed by atoms with Gasteiger partial charge < -0.3 is 10.4 Å². The van der Waals surface area contributed by atoms with Crippen molar-refractivity contribution in [2.45, 2.75) is 6.42 Å². The van der Waals surface area contributed by atoms with E-state index >= 15 is 0 Å². The van der Waals surface area contributed by atoms with E-state index in [2.05, 4.69) is 5.32 Å². The third-order valence-electron chi connectivity index (χ3n) is 4.09. The summed E-state index contributed by atoms with van der Waals surface area (Å²) in [5, 5.41) is 23.5. The average molecular weight is 464 g/mol. The van der Waals surface area contributed by atoms with Crippen LogP contribution in [0.5, 0.6) is 5.75 Å². The zero-order chi connectivity index (χ0) is 21.8. The van der Waals surface area contributed by atoms with Gasteiger partial charge in [0.1, 0.15) is 10.1 Å². The number of thioether (sulfide) groups is 1.